The normalized spacial score (nSPS) is 13.1. The van der Waals surface area contributed by atoms with Crippen LogP contribution in [0.4, 0.5) is 32.0 Å². The Bertz CT molecular complexity index is 492. The molecule has 0 saturated carbocycles. The summed E-state index contributed by atoms with van der Waals surface area (Å²) in [6.07, 6.45) is -14.2. The number of rotatable bonds is 3. The summed E-state index contributed by atoms with van der Waals surface area (Å²) < 4.78 is 74.4. The van der Waals surface area contributed by atoms with Gasteiger partial charge in [-0.3, -0.25) is 4.79 Å². The number of benzene rings is 1. The van der Waals surface area contributed by atoms with Crippen molar-refractivity contribution in [3.8, 4) is 0 Å². The lowest BCUT2D eigenvalue weighted by Crippen LogP contribution is -2.58. The van der Waals surface area contributed by atoms with Gasteiger partial charge in [-0.1, -0.05) is 17.7 Å². The van der Waals surface area contributed by atoms with Gasteiger partial charge >= 0.3 is 12.4 Å². The molecule has 0 aliphatic carbocycles. The van der Waals surface area contributed by atoms with Crippen LogP contribution in [0.5, 0.6) is 0 Å². The number of aryl methyl sites for hydroxylation is 1. The summed E-state index contributed by atoms with van der Waals surface area (Å²) in [5, 5.41) is 10.7. The first-order valence-electron chi connectivity index (χ1n) is 5.59. The summed E-state index contributed by atoms with van der Waals surface area (Å²) in [6, 6.07) is 5.64. The minimum Gasteiger partial charge on any atom is -0.373 e. The summed E-state index contributed by atoms with van der Waals surface area (Å²) in [4.78, 5) is 11.3. The van der Waals surface area contributed by atoms with E-state index in [-0.39, 0.29) is 5.69 Å². The molecular weight excluding hydrogens is 304 g/mol. The van der Waals surface area contributed by atoms with Crippen LogP contribution in [0.1, 0.15) is 12.0 Å². The van der Waals surface area contributed by atoms with Crippen molar-refractivity contribution < 1.29 is 36.2 Å². The molecule has 0 bridgehead atoms. The lowest BCUT2D eigenvalue weighted by molar-refractivity contribution is -0.366. The monoisotopic (exact) mass is 315 g/mol. The van der Waals surface area contributed by atoms with E-state index in [0.717, 1.165) is 5.56 Å². The lowest BCUT2D eigenvalue weighted by Gasteiger charge is -2.31. The summed E-state index contributed by atoms with van der Waals surface area (Å²) in [7, 11) is 0. The van der Waals surface area contributed by atoms with E-state index in [1.807, 2.05) is 5.32 Å². The van der Waals surface area contributed by atoms with Crippen molar-refractivity contribution >= 4 is 11.6 Å². The zero-order valence-corrected chi connectivity index (χ0v) is 10.6. The molecule has 0 atom stereocenters. The van der Waals surface area contributed by atoms with Crippen molar-refractivity contribution in [3.63, 3.8) is 0 Å². The molecule has 0 aliphatic rings. The molecule has 0 unspecified atom stereocenters. The molecule has 1 aromatic carbocycles. The van der Waals surface area contributed by atoms with Crippen molar-refractivity contribution in [3.05, 3.63) is 29.8 Å². The van der Waals surface area contributed by atoms with Crippen LogP contribution in [0.25, 0.3) is 0 Å². The summed E-state index contributed by atoms with van der Waals surface area (Å²) in [5.74, 6) is -1.60. The summed E-state index contributed by atoms with van der Waals surface area (Å²) in [5.41, 5.74) is -4.28. The van der Waals surface area contributed by atoms with Gasteiger partial charge in [0, 0.05) is 5.69 Å². The van der Waals surface area contributed by atoms with E-state index in [2.05, 4.69) is 0 Å². The average molecular weight is 315 g/mol. The highest BCUT2D eigenvalue weighted by molar-refractivity contribution is 5.91. The minimum atomic E-state index is -6.02. The Morgan fingerprint density at radius 3 is 1.86 bits per heavy atom. The van der Waals surface area contributed by atoms with Gasteiger partial charge in [0.2, 0.25) is 5.91 Å². The molecule has 1 amide bonds. The first-order chi connectivity index (χ1) is 9.37. The highest BCUT2D eigenvalue weighted by Crippen LogP contribution is 2.45. The van der Waals surface area contributed by atoms with Crippen LogP contribution in [-0.4, -0.2) is 29.0 Å². The largest absolute Gasteiger partial charge is 0.426 e. The molecule has 0 aromatic heterocycles. The Morgan fingerprint density at radius 2 is 1.48 bits per heavy atom. The van der Waals surface area contributed by atoms with E-state index in [9.17, 15) is 31.1 Å². The van der Waals surface area contributed by atoms with Crippen molar-refractivity contribution in [1.82, 2.24) is 0 Å². The van der Waals surface area contributed by atoms with Crippen molar-refractivity contribution in [1.29, 1.82) is 0 Å². The van der Waals surface area contributed by atoms with Gasteiger partial charge in [0.25, 0.3) is 5.60 Å². The smallest absolute Gasteiger partial charge is 0.373 e. The number of halogens is 6. The minimum absolute atomic E-state index is 0.0253. The maximum absolute atomic E-state index is 12.4. The second-order valence-electron chi connectivity index (χ2n) is 4.45. The van der Waals surface area contributed by atoms with Crippen LogP contribution in [0.3, 0.4) is 0 Å². The van der Waals surface area contributed by atoms with E-state index in [4.69, 9.17) is 5.11 Å². The first kappa shape index (κ1) is 17.3. The van der Waals surface area contributed by atoms with Gasteiger partial charge in [-0.05, 0) is 19.1 Å². The molecule has 0 aliphatic heterocycles. The van der Waals surface area contributed by atoms with Crippen molar-refractivity contribution in [2.45, 2.75) is 31.3 Å². The standard InChI is InChI=1S/C12H11F6NO2/c1-7-2-4-8(5-3-7)19-9(20)6-10(21,11(13,14)15)12(16,17)18/h2-5,21H,6H2,1H3,(H,19,20). The van der Waals surface area contributed by atoms with E-state index in [1.165, 1.54) is 24.3 Å². The molecule has 1 aromatic rings. The number of alkyl halides is 6. The zero-order valence-electron chi connectivity index (χ0n) is 10.6. The highest BCUT2D eigenvalue weighted by atomic mass is 19.4. The number of anilines is 1. The number of carbonyl (C=O) groups excluding carboxylic acids is 1. The Balaban J connectivity index is 2.90. The van der Waals surface area contributed by atoms with Crippen LogP contribution in [0.15, 0.2) is 24.3 Å². The number of hydrogen-bond acceptors (Lipinski definition) is 2. The summed E-state index contributed by atoms with van der Waals surface area (Å²) in [6.45, 7) is 1.71. The molecule has 9 heteroatoms. The maximum Gasteiger partial charge on any atom is 0.426 e. The van der Waals surface area contributed by atoms with Crippen LogP contribution >= 0.6 is 0 Å². The molecule has 118 valence electrons. The third-order valence-corrected chi connectivity index (χ3v) is 2.69. The fourth-order valence-corrected chi connectivity index (χ4v) is 1.44. The third-order valence-electron chi connectivity index (χ3n) is 2.69. The van der Waals surface area contributed by atoms with E-state index in [0.29, 0.717) is 0 Å². The Morgan fingerprint density at radius 1 is 1.05 bits per heavy atom. The van der Waals surface area contributed by atoms with Crippen LogP contribution < -0.4 is 5.32 Å². The van der Waals surface area contributed by atoms with Crippen LogP contribution in [0.2, 0.25) is 0 Å². The van der Waals surface area contributed by atoms with Crippen LogP contribution in [0, 0.1) is 6.92 Å². The average Bonchev–Trinajstić information content (AvgIpc) is 2.29. The van der Waals surface area contributed by atoms with Gasteiger partial charge in [-0.15, -0.1) is 0 Å². The van der Waals surface area contributed by atoms with E-state index < -0.39 is 30.3 Å². The number of aliphatic hydroxyl groups is 1. The van der Waals surface area contributed by atoms with Crippen LogP contribution in [-0.2, 0) is 4.79 Å². The second kappa shape index (κ2) is 5.55. The molecule has 2 N–H and O–H groups in total. The lowest BCUT2D eigenvalue weighted by atomic mass is 9.97. The fourth-order valence-electron chi connectivity index (χ4n) is 1.44. The SMILES string of the molecule is Cc1ccc(NC(=O)CC(O)(C(F)(F)F)C(F)(F)F)cc1. The Hall–Kier alpha value is -1.77. The van der Waals surface area contributed by atoms with Gasteiger partial charge in [0.1, 0.15) is 0 Å². The third kappa shape index (κ3) is 3.87. The number of amides is 1. The predicted octanol–water partition coefficient (Wildman–Crippen LogP) is 3.18. The van der Waals surface area contributed by atoms with Crippen molar-refractivity contribution in [2.24, 2.45) is 0 Å². The fraction of sp³-hybridized carbons (Fsp3) is 0.417. The molecule has 1 rings (SSSR count). The quantitative estimate of drug-likeness (QED) is 0.842. The van der Waals surface area contributed by atoms with Gasteiger partial charge in [0.05, 0.1) is 6.42 Å². The second-order valence-corrected chi connectivity index (χ2v) is 4.45. The topological polar surface area (TPSA) is 49.3 Å². The number of hydrogen-bond donors (Lipinski definition) is 2. The van der Waals surface area contributed by atoms with E-state index >= 15 is 0 Å². The predicted molar refractivity (Wildman–Crippen MR) is 61.5 cm³/mol. The van der Waals surface area contributed by atoms with E-state index in [1.54, 1.807) is 6.92 Å². The summed E-state index contributed by atoms with van der Waals surface area (Å²) >= 11 is 0. The molecular formula is C12H11F6NO2. The molecule has 3 nitrogen and oxygen atoms in total. The number of carbonyl (C=O) groups is 1. The maximum atomic E-state index is 12.4. The van der Waals surface area contributed by atoms with Gasteiger partial charge in [0.15, 0.2) is 0 Å². The van der Waals surface area contributed by atoms with Gasteiger partial charge < -0.3 is 10.4 Å². The zero-order chi connectivity index (χ0) is 16.5. The number of nitrogens with one attached hydrogen (secondary N) is 1. The van der Waals surface area contributed by atoms with Crippen molar-refractivity contribution in [2.75, 3.05) is 5.32 Å². The Kier molecular flexibility index (Phi) is 4.57. The van der Waals surface area contributed by atoms with Gasteiger partial charge in [-0.2, -0.15) is 26.3 Å². The Labute approximate surface area is 115 Å². The molecule has 0 saturated heterocycles. The highest BCUT2D eigenvalue weighted by Gasteiger charge is 2.71. The molecule has 0 spiro atoms. The molecule has 0 heterocycles. The van der Waals surface area contributed by atoms with Gasteiger partial charge in [-0.25, -0.2) is 0 Å². The first-order valence-corrected chi connectivity index (χ1v) is 5.59. The molecule has 21 heavy (non-hydrogen) atoms. The molecule has 0 radical (unpaired) electrons. The molecule has 0 fully saturated rings.